The van der Waals surface area contributed by atoms with Crippen LogP contribution in [0.15, 0.2) is 11.1 Å². The second-order valence-electron chi connectivity index (χ2n) is 9.47. The van der Waals surface area contributed by atoms with E-state index in [0.717, 1.165) is 19.3 Å². The quantitative estimate of drug-likeness (QED) is 0.350. The molecule has 23 heavy (non-hydrogen) atoms. The van der Waals surface area contributed by atoms with Crippen LogP contribution in [0.1, 0.15) is 67.7 Å². The number of allylic oxidation sites excluding steroid dienone is 2. The molecule has 3 atom stereocenters. The molecule has 1 rings (SSSR count). The van der Waals surface area contributed by atoms with Gasteiger partial charge in [0.15, 0.2) is 8.32 Å². The Morgan fingerprint density at radius 3 is 2.35 bits per heavy atom. The Hall–Kier alpha value is -0.413. The van der Waals surface area contributed by atoms with Gasteiger partial charge in [-0.3, -0.25) is 0 Å². The van der Waals surface area contributed by atoms with Crippen LogP contribution in [0.4, 0.5) is 0 Å². The van der Waals surface area contributed by atoms with Crippen LogP contribution in [0.2, 0.25) is 18.1 Å². The zero-order valence-electron chi connectivity index (χ0n) is 16.9. The molecule has 1 aliphatic rings. The van der Waals surface area contributed by atoms with Gasteiger partial charge in [0.1, 0.15) is 6.29 Å². The average Bonchev–Trinajstić information content (AvgIpc) is 2.41. The summed E-state index contributed by atoms with van der Waals surface area (Å²) in [5, 5.41) is 0.223. The number of hydrogen-bond donors (Lipinski definition) is 0. The van der Waals surface area contributed by atoms with Gasteiger partial charge in [0, 0.05) is 13.0 Å². The van der Waals surface area contributed by atoms with Crippen molar-refractivity contribution in [2.75, 3.05) is 6.61 Å². The van der Waals surface area contributed by atoms with E-state index in [2.05, 4.69) is 61.6 Å². The largest absolute Gasteiger partial charge is 0.416 e. The topological polar surface area (TPSA) is 26.3 Å². The van der Waals surface area contributed by atoms with Crippen molar-refractivity contribution >= 4 is 14.6 Å². The predicted octanol–water partition coefficient (Wildman–Crippen LogP) is 5.99. The van der Waals surface area contributed by atoms with Gasteiger partial charge < -0.3 is 9.22 Å². The third kappa shape index (κ3) is 4.36. The van der Waals surface area contributed by atoms with Gasteiger partial charge in [0.25, 0.3) is 0 Å². The minimum absolute atomic E-state index is 0.0568. The van der Waals surface area contributed by atoms with Crippen molar-refractivity contribution < 1.29 is 9.22 Å². The molecule has 0 bridgehead atoms. The number of aldehydes is 1. The highest BCUT2D eigenvalue weighted by Crippen LogP contribution is 2.51. The standard InChI is InChI=1S/C20H38O2Si/c1-15(2)17-11-10-16(3)20(7,18(17)12-13-21)14-22-23(8,9)19(4,5)6/h13,16,18H,10-12,14H2,1-9H3/t16-,18-,20-/m0/s1. The van der Waals surface area contributed by atoms with E-state index in [1.54, 1.807) is 0 Å². The van der Waals surface area contributed by atoms with E-state index in [1.165, 1.54) is 17.6 Å². The Balaban J connectivity index is 3.11. The Morgan fingerprint density at radius 2 is 1.91 bits per heavy atom. The van der Waals surface area contributed by atoms with Crippen LogP contribution in [0.5, 0.6) is 0 Å². The second kappa shape index (κ2) is 7.22. The first kappa shape index (κ1) is 20.6. The van der Waals surface area contributed by atoms with Gasteiger partial charge in [-0.2, -0.15) is 0 Å². The molecule has 0 radical (unpaired) electrons. The summed E-state index contributed by atoms with van der Waals surface area (Å²) in [6, 6.07) is 0. The highest BCUT2D eigenvalue weighted by Gasteiger charge is 2.46. The lowest BCUT2D eigenvalue weighted by Gasteiger charge is -2.50. The summed E-state index contributed by atoms with van der Waals surface area (Å²) >= 11 is 0. The molecule has 0 aliphatic heterocycles. The molecule has 0 aromatic heterocycles. The van der Waals surface area contributed by atoms with Gasteiger partial charge in [-0.1, -0.05) is 45.8 Å². The summed E-state index contributed by atoms with van der Waals surface area (Å²) in [5.41, 5.74) is 2.94. The maximum absolute atomic E-state index is 11.3. The third-order valence-corrected chi connectivity index (χ3v) is 11.2. The van der Waals surface area contributed by atoms with Crippen LogP contribution in [-0.2, 0) is 9.22 Å². The van der Waals surface area contributed by atoms with Crippen LogP contribution < -0.4 is 0 Å². The molecule has 1 aliphatic carbocycles. The van der Waals surface area contributed by atoms with Crippen molar-refractivity contribution in [3.63, 3.8) is 0 Å². The maximum Gasteiger partial charge on any atom is 0.192 e. The first-order valence-corrected chi connectivity index (χ1v) is 12.0. The Morgan fingerprint density at radius 1 is 1.35 bits per heavy atom. The number of rotatable bonds is 5. The monoisotopic (exact) mass is 338 g/mol. The average molecular weight is 339 g/mol. The first-order valence-electron chi connectivity index (χ1n) is 9.10. The first-order chi connectivity index (χ1) is 10.4. The zero-order chi connectivity index (χ0) is 18.1. The molecule has 0 saturated heterocycles. The van der Waals surface area contributed by atoms with Crippen molar-refractivity contribution in [1.29, 1.82) is 0 Å². The van der Waals surface area contributed by atoms with Crippen LogP contribution in [0.3, 0.4) is 0 Å². The Labute approximate surface area is 145 Å². The smallest absolute Gasteiger partial charge is 0.192 e. The van der Waals surface area contributed by atoms with Crippen molar-refractivity contribution in [2.45, 2.75) is 85.9 Å². The Bertz CT molecular complexity index is 455. The zero-order valence-corrected chi connectivity index (χ0v) is 17.9. The van der Waals surface area contributed by atoms with Crippen LogP contribution >= 0.6 is 0 Å². The van der Waals surface area contributed by atoms with Crippen molar-refractivity contribution in [2.24, 2.45) is 17.3 Å². The number of hydrogen-bond acceptors (Lipinski definition) is 2. The van der Waals surface area contributed by atoms with E-state index >= 15 is 0 Å². The fraction of sp³-hybridized carbons (Fsp3) is 0.850. The third-order valence-electron chi connectivity index (χ3n) is 6.71. The number of carbonyl (C=O) groups is 1. The van der Waals surface area contributed by atoms with Gasteiger partial charge >= 0.3 is 0 Å². The highest BCUT2D eigenvalue weighted by atomic mass is 28.4. The van der Waals surface area contributed by atoms with Crippen LogP contribution in [-0.4, -0.2) is 21.2 Å². The maximum atomic E-state index is 11.3. The molecule has 0 amide bonds. The molecule has 0 spiro atoms. The second-order valence-corrected chi connectivity index (χ2v) is 14.3. The molecular formula is C20H38O2Si. The van der Waals surface area contributed by atoms with E-state index in [4.69, 9.17) is 4.43 Å². The fourth-order valence-electron chi connectivity index (χ4n) is 3.52. The molecule has 134 valence electrons. The van der Waals surface area contributed by atoms with Crippen molar-refractivity contribution in [3.8, 4) is 0 Å². The van der Waals surface area contributed by atoms with Crippen LogP contribution in [0.25, 0.3) is 0 Å². The van der Waals surface area contributed by atoms with E-state index < -0.39 is 8.32 Å². The van der Waals surface area contributed by atoms with E-state index in [9.17, 15) is 4.79 Å². The minimum atomic E-state index is -1.77. The van der Waals surface area contributed by atoms with E-state index in [0.29, 0.717) is 18.3 Å². The van der Waals surface area contributed by atoms with E-state index in [-0.39, 0.29) is 10.5 Å². The van der Waals surface area contributed by atoms with Crippen molar-refractivity contribution in [3.05, 3.63) is 11.1 Å². The molecule has 0 N–H and O–H groups in total. The number of carbonyl (C=O) groups excluding carboxylic acids is 1. The molecule has 0 aromatic rings. The van der Waals surface area contributed by atoms with Gasteiger partial charge in [-0.25, -0.2) is 0 Å². The lowest BCUT2D eigenvalue weighted by atomic mass is 9.59. The molecule has 3 heteroatoms. The molecule has 1 saturated carbocycles. The fourth-order valence-corrected chi connectivity index (χ4v) is 4.62. The minimum Gasteiger partial charge on any atom is -0.416 e. The molecule has 0 heterocycles. The molecule has 0 unspecified atom stereocenters. The summed E-state index contributed by atoms with van der Waals surface area (Å²) in [4.78, 5) is 11.3. The van der Waals surface area contributed by atoms with Gasteiger partial charge in [-0.05, 0) is 62.1 Å². The highest BCUT2D eigenvalue weighted by molar-refractivity contribution is 6.74. The van der Waals surface area contributed by atoms with Crippen molar-refractivity contribution in [1.82, 2.24) is 0 Å². The predicted molar refractivity (Wildman–Crippen MR) is 102 cm³/mol. The molecule has 2 nitrogen and oxygen atoms in total. The van der Waals surface area contributed by atoms with E-state index in [1.807, 2.05) is 0 Å². The summed E-state index contributed by atoms with van der Waals surface area (Å²) in [6.45, 7) is 21.4. The summed E-state index contributed by atoms with van der Waals surface area (Å²) in [6.07, 6.45) is 4.07. The summed E-state index contributed by atoms with van der Waals surface area (Å²) in [7, 11) is -1.77. The lowest BCUT2D eigenvalue weighted by molar-refractivity contribution is -0.110. The van der Waals surface area contributed by atoms with Gasteiger partial charge in [0.05, 0.1) is 0 Å². The molecule has 0 aromatic carbocycles. The lowest BCUT2D eigenvalue weighted by Crippen LogP contribution is -2.49. The van der Waals surface area contributed by atoms with Crippen LogP contribution in [0, 0.1) is 17.3 Å². The molecule has 1 fully saturated rings. The SMILES string of the molecule is CC(C)=C1CC[C@H](C)[C@](C)(CO[Si](C)(C)C(C)(C)C)[C@H]1CC=O. The van der Waals surface area contributed by atoms with Gasteiger partial charge in [0.2, 0.25) is 0 Å². The molecular weight excluding hydrogens is 300 g/mol. The summed E-state index contributed by atoms with van der Waals surface area (Å²) < 4.78 is 6.61. The van der Waals surface area contributed by atoms with Gasteiger partial charge in [-0.15, -0.1) is 0 Å². The Kier molecular flexibility index (Phi) is 6.48. The summed E-state index contributed by atoms with van der Waals surface area (Å²) in [5.74, 6) is 0.916. The normalized spacial score (nSPS) is 29.5.